The van der Waals surface area contributed by atoms with Crippen LogP contribution in [0.4, 0.5) is 0 Å². The van der Waals surface area contributed by atoms with Crippen molar-refractivity contribution in [2.75, 3.05) is 0 Å². The van der Waals surface area contributed by atoms with Crippen LogP contribution in [0.2, 0.25) is 0 Å². The summed E-state index contributed by atoms with van der Waals surface area (Å²) in [5.41, 5.74) is 0.911. The Bertz CT molecular complexity index is 440. The van der Waals surface area contributed by atoms with E-state index in [-0.39, 0.29) is 6.29 Å². The molecule has 0 saturated heterocycles. The van der Waals surface area contributed by atoms with Crippen molar-refractivity contribution in [3.63, 3.8) is 0 Å². The van der Waals surface area contributed by atoms with Gasteiger partial charge in [-0.3, -0.25) is 0 Å². The molecule has 0 fully saturated rings. The van der Waals surface area contributed by atoms with Crippen LogP contribution in [-0.2, 0) is 0 Å². The fourth-order valence-electron chi connectivity index (χ4n) is 1.58. The molecule has 2 aromatic carbocycles. The largest absolute Gasteiger partial charge is 0.447 e. The fraction of sp³-hybridized carbons (Fsp3) is 0.0769. The Hall–Kier alpha value is -1.96. The van der Waals surface area contributed by atoms with Crippen molar-refractivity contribution < 1.29 is 9.47 Å². The van der Waals surface area contributed by atoms with E-state index in [0.29, 0.717) is 0 Å². The molecule has 2 nitrogen and oxygen atoms in total. The predicted octanol–water partition coefficient (Wildman–Crippen LogP) is 2.96. The summed E-state index contributed by atoms with van der Waals surface area (Å²) >= 11 is 0. The second-order valence-electron chi connectivity index (χ2n) is 3.33. The molecule has 1 heterocycles. The van der Waals surface area contributed by atoms with E-state index in [1.807, 2.05) is 48.5 Å². The lowest BCUT2D eigenvalue weighted by Gasteiger charge is -2.09. The third kappa shape index (κ3) is 1.44. The van der Waals surface area contributed by atoms with Gasteiger partial charge in [-0.05, 0) is 18.2 Å². The number of ether oxygens (including phenoxy) is 2. The van der Waals surface area contributed by atoms with Gasteiger partial charge in [0.15, 0.2) is 11.5 Å². The van der Waals surface area contributed by atoms with E-state index >= 15 is 0 Å². The van der Waals surface area contributed by atoms with E-state index < -0.39 is 0 Å². The first kappa shape index (κ1) is 8.36. The highest BCUT2D eigenvalue weighted by molar-refractivity contribution is 5.42. The first-order valence-corrected chi connectivity index (χ1v) is 4.82. The van der Waals surface area contributed by atoms with Gasteiger partial charge in [-0.2, -0.15) is 0 Å². The molecular formula is C13H9O2. The second kappa shape index (κ2) is 3.31. The minimum Gasteiger partial charge on any atom is -0.447 e. The maximum atomic E-state index is 5.64. The Balaban J connectivity index is 1.91. The summed E-state index contributed by atoms with van der Waals surface area (Å²) in [4.78, 5) is 0. The maximum Gasteiger partial charge on any atom is 0.268 e. The fourth-order valence-corrected chi connectivity index (χ4v) is 1.58. The molecule has 0 spiro atoms. The van der Waals surface area contributed by atoms with Crippen LogP contribution >= 0.6 is 0 Å². The standard InChI is InChI=1S/C13H9O2/c1-2-6-10(7-3-1)13-14-11-8-4-5-9-12(11)15-13/h1-6,8-9,13H. The van der Waals surface area contributed by atoms with Gasteiger partial charge in [0.05, 0.1) is 0 Å². The molecule has 0 amide bonds. The van der Waals surface area contributed by atoms with Crippen LogP contribution in [0.1, 0.15) is 11.9 Å². The molecule has 0 N–H and O–H groups in total. The smallest absolute Gasteiger partial charge is 0.268 e. The van der Waals surface area contributed by atoms with Crippen LogP contribution in [0.5, 0.6) is 11.5 Å². The highest BCUT2D eigenvalue weighted by Gasteiger charge is 2.24. The molecule has 1 aliphatic rings. The third-order valence-corrected chi connectivity index (χ3v) is 2.30. The van der Waals surface area contributed by atoms with Crippen LogP contribution in [0.25, 0.3) is 0 Å². The predicted molar refractivity (Wildman–Crippen MR) is 55.7 cm³/mol. The van der Waals surface area contributed by atoms with Crippen molar-refractivity contribution in [2.24, 2.45) is 0 Å². The molecule has 2 aromatic rings. The normalized spacial score (nSPS) is 14.1. The van der Waals surface area contributed by atoms with E-state index in [2.05, 4.69) is 6.07 Å². The lowest BCUT2D eigenvalue weighted by Crippen LogP contribution is -2.07. The summed E-state index contributed by atoms with van der Waals surface area (Å²) in [6.45, 7) is 0. The molecule has 15 heavy (non-hydrogen) atoms. The lowest BCUT2D eigenvalue weighted by molar-refractivity contribution is 0.0485. The van der Waals surface area contributed by atoms with Crippen LogP contribution in [-0.4, -0.2) is 0 Å². The minimum atomic E-state index is -0.358. The zero-order chi connectivity index (χ0) is 10.1. The first-order valence-electron chi connectivity index (χ1n) is 4.82. The molecule has 1 radical (unpaired) electrons. The molecule has 1 aliphatic heterocycles. The Kier molecular flexibility index (Phi) is 1.85. The van der Waals surface area contributed by atoms with Gasteiger partial charge in [0.2, 0.25) is 0 Å². The Labute approximate surface area is 88.1 Å². The van der Waals surface area contributed by atoms with Gasteiger partial charge >= 0.3 is 0 Å². The number of hydrogen-bond acceptors (Lipinski definition) is 2. The van der Waals surface area contributed by atoms with Gasteiger partial charge in [-0.25, -0.2) is 0 Å². The number of fused-ring (bicyclic) bond motifs is 1. The molecule has 0 unspecified atom stereocenters. The molecule has 2 heteroatoms. The first-order chi connectivity index (χ1) is 7.43. The summed E-state index contributed by atoms with van der Waals surface area (Å²) in [7, 11) is 0. The maximum absolute atomic E-state index is 5.64. The van der Waals surface area contributed by atoms with Crippen molar-refractivity contribution in [3.8, 4) is 11.5 Å². The summed E-state index contributed by atoms with van der Waals surface area (Å²) in [6, 6.07) is 18.4. The summed E-state index contributed by atoms with van der Waals surface area (Å²) in [5, 5.41) is 0. The van der Waals surface area contributed by atoms with E-state index in [9.17, 15) is 0 Å². The van der Waals surface area contributed by atoms with Crippen LogP contribution in [0, 0.1) is 6.07 Å². The highest BCUT2D eigenvalue weighted by atomic mass is 16.7. The van der Waals surface area contributed by atoms with Crippen LogP contribution < -0.4 is 9.47 Å². The molecule has 0 bridgehead atoms. The zero-order valence-corrected chi connectivity index (χ0v) is 8.01. The van der Waals surface area contributed by atoms with Crippen molar-refractivity contribution >= 4 is 0 Å². The summed E-state index contributed by atoms with van der Waals surface area (Å²) in [5.74, 6) is 1.58. The minimum absolute atomic E-state index is 0.358. The van der Waals surface area contributed by atoms with Gasteiger partial charge in [0.1, 0.15) is 0 Å². The lowest BCUT2D eigenvalue weighted by atomic mass is 10.2. The zero-order valence-electron chi connectivity index (χ0n) is 8.01. The van der Waals surface area contributed by atoms with Crippen molar-refractivity contribution in [1.82, 2.24) is 0 Å². The molecular weight excluding hydrogens is 188 g/mol. The van der Waals surface area contributed by atoms with Gasteiger partial charge in [0, 0.05) is 5.56 Å². The third-order valence-electron chi connectivity index (χ3n) is 2.30. The molecule has 73 valence electrons. The number of hydrogen-bond donors (Lipinski definition) is 0. The SMILES string of the molecule is [c]1ccccc1C1Oc2ccccc2O1. The van der Waals surface area contributed by atoms with E-state index in [1.165, 1.54) is 0 Å². The molecule has 3 rings (SSSR count). The van der Waals surface area contributed by atoms with Gasteiger partial charge in [-0.15, -0.1) is 0 Å². The van der Waals surface area contributed by atoms with E-state index in [4.69, 9.17) is 9.47 Å². The Morgan fingerprint density at radius 1 is 0.867 bits per heavy atom. The van der Waals surface area contributed by atoms with Crippen LogP contribution in [0.3, 0.4) is 0 Å². The second-order valence-corrected chi connectivity index (χ2v) is 3.33. The number of para-hydroxylation sites is 2. The molecule has 0 aliphatic carbocycles. The average molecular weight is 197 g/mol. The molecule has 0 aromatic heterocycles. The Morgan fingerprint density at radius 2 is 1.53 bits per heavy atom. The van der Waals surface area contributed by atoms with Gasteiger partial charge < -0.3 is 9.47 Å². The van der Waals surface area contributed by atoms with Gasteiger partial charge in [0.25, 0.3) is 6.29 Å². The van der Waals surface area contributed by atoms with E-state index in [0.717, 1.165) is 17.1 Å². The van der Waals surface area contributed by atoms with Crippen molar-refractivity contribution in [3.05, 3.63) is 60.2 Å². The highest BCUT2D eigenvalue weighted by Crippen LogP contribution is 2.39. The summed E-state index contributed by atoms with van der Waals surface area (Å²) < 4.78 is 11.3. The number of rotatable bonds is 1. The quantitative estimate of drug-likeness (QED) is 0.699. The van der Waals surface area contributed by atoms with Crippen LogP contribution in [0.15, 0.2) is 48.5 Å². The Morgan fingerprint density at radius 3 is 2.13 bits per heavy atom. The average Bonchev–Trinajstić information content (AvgIpc) is 2.74. The number of benzene rings is 2. The monoisotopic (exact) mass is 197 g/mol. The van der Waals surface area contributed by atoms with Gasteiger partial charge in [-0.1, -0.05) is 36.4 Å². The van der Waals surface area contributed by atoms with E-state index in [1.54, 1.807) is 0 Å². The van der Waals surface area contributed by atoms with Crippen molar-refractivity contribution in [2.45, 2.75) is 6.29 Å². The van der Waals surface area contributed by atoms with Crippen molar-refractivity contribution in [1.29, 1.82) is 0 Å². The topological polar surface area (TPSA) is 18.5 Å². The molecule has 0 saturated carbocycles. The molecule has 0 atom stereocenters. The summed E-state index contributed by atoms with van der Waals surface area (Å²) in [6.07, 6.45) is -0.358.